The van der Waals surface area contributed by atoms with Crippen LogP contribution < -0.4 is 25.4 Å². The number of nitrogens with one attached hydrogen (secondary N) is 3. The van der Waals surface area contributed by atoms with Crippen LogP contribution in [0, 0.1) is 5.92 Å². The van der Waals surface area contributed by atoms with Crippen LogP contribution in [-0.4, -0.2) is 113 Å². The van der Waals surface area contributed by atoms with Crippen LogP contribution in [0.25, 0.3) is 11.3 Å². The number of hydrogen-bond acceptors (Lipinski definition) is 10. The zero-order valence-corrected chi connectivity index (χ0v) is 30.8. The summed E-state index contributed by atoms with van der Waals surface area (Å²) in [5.74, 6) is -3.01. The fourth-order valence-electron chi connectivity index (χ4n) is 6.98. The summed E-state index contributed by atoms with van der Waals surface area (Å²) in [7, 11) is 3.00. The number of benzene rings is 2. The second-order valence-electron chi connectivity index (χ2n) is 13.7. The van der Waals surface area contributed by atoms with Crippen molar-refractivity contribution >= 4 is 35.3 Å². The van der Waals surface area contributed by atoms with Crippen molar-refractivity contribution in [1.29, 1.82) is 0 Å². The maximum atomic E-state index is 13.2. The molecule has 4 heterocycles. The Morgan fingerprint density at radius 3 is 2.55 bits per heavy atom. The molecule has 2 aromatic carbocycles. The second kappa shape index (κ2) is 17.2. The molecule has 3 aromatic rings. The molecule has 3 N–H and O–H groups in total. The molecule has 2 saturated heterocycles. The molecular weight excluding hydrogens is 708 g/mol. The molecule has 2 fully saturated rings. The summed E-state index contributed by atoms with van der Waals surface area (Å²) in [5, 5.41) is 16.2. The first-order chi connectivity index (χ1) is 26.5. The van der Waals surface area contributed by atoms with Gasteiger partial charge in [-0.05, 0) is 48.1 Å². The molecule has 0 saturated carbocycles. The molecule has 1 aromatic heterocycles. The van der Waals surface area contributed by atoms with E-state index in [1.165, 1.54) is 19.1 Å². The normalized spacial score (nSPS) is 19.1. The van der Waals surface area contributed by atoms with E-state index in [4.69, 9.17) is 9.47 Å². The minimum Gasteiger partial charge on any atom is -0.493 e. The number of hydrogen-bond donors (Lipinski definition) is 3. The molecular formula is C39H44N8O8. The lowest BCUT2D eigenvalue weighted by atomic mass is 10.00. The van der Waals surface area contributed by atoms with Crippen molar-refractivity contribution in [1.82, 2.24) is 40.7 Å². The predicted octanol–water partition coefficient (Wildman–Crippen LogP) is 1.17. The number of rotatable bonds is 15. The van der Waals surface area contributed by atoms with Gasteiger partial charge in [-0.1, -0.05) is 54.3 Å². The maximum Gasteiger partial charge on any atom is 0.289 e. The average molecular weight is 753 g/mol. The highest BCUT2D eigenvalue weighted by Gasteiger charge is 2.40. The van der Waals surface area contributed by atoms with E-state index >= 15 is 0 Å². The van der Waals surface area contributed by atoms with Crippen molar-refractivity contribution in [2.75, 3.05) is 40.4 Å². The van der Waals surface area contributed by atoms with Gasteiger partial charge in [-0.15, -0.1) is 5.10 Å². The van der Waals surface area contributed by atoms with Crippen LogP contribution >= 0.6 is 0 Å². The molecule has 0 spiro atoms. The Balaban J connectivity index is 0.922. The molecule has 16 heteroatoms. The first-order valence-corrected chi connectivity index (χ1v) is 18.1. The Hall–Kier alpha value is -6.32. The van der Waals surface area contributed by atoms with Gasteiger partial charge in [0.05, 0.1) is 33.5 Å². The third-order valence-corrected chi connectivity index (χ3v) is 10.0. The van der Waals surface area contributed by atoms with Crippen LogP contribution in [0.2, 0.25) is 0 Å². The molecule has 55 heavy (non-hydrogen) atoms. The monoisotopic (exact) mass is 752 g/mol. The molecule has 2 unspecified atom stereocenters. The quantitative estimate of drug-likeness (QED) is 0.190. The van der Waals surface area contributed by atoms with Crippen molar-refractivity contribution in [2.24, 2.45) is 5.92 Å². The first-order valence-electron chi connectivity index (χ1n) is 18.1. The Morgan fingerprint density at radius 2 is 1.78 bits per heavy atom. The highest BCUT2D eigenvalue weighted by molar-refractivity contribution is 6.38. The molecule has 16 nitrogen and oxygen atoms in total. The summed E-state index contributed by atoms with van der Waals surface area (Å²) in [6, 6.07) is 12.9. The summed E-state index contributed by atoms with van der Waals surface area (Å²) in [6.45, 7) is 5.22. The fourth-order valence-corrected chi connectivity index (χ4v) is 6.98. The van der Waals surface area contributed by atoms with E-state index in [-0.39, 0.29) is 31.8 Å². The zero-order valence-electron chi connectivity index (χ0n) is 30.8. The Morgan fingerprint density at radius 1 is 1.00 bits per heavy atom. The van der Waals surface area contributed by atoms with Gasteiger partial charge in [-0.2, -0.15) is 0 Å². The number of Topliss-reactive ketones (excluding diaryl/α,β-unsaturated/α-hetero) is 1. The smallest absolute Gasteiger partial charge is 0.289 e. The first kappa shape index (κ1) is 38.4. The molecule has 288 valence electrons. The molecule has 0 radical (unpaired) electrons. The molecule has 3 aliphatic heterocycles. The van der Waals surface area contributed by atoms with Gasteiger partial charge in [0, 0.05) is 44.1 Å². The van der Waals surface area contributed by atoms with Crippen LogP contribution in [0.5, 0.6) is 11.5 Å². The van der Waals surface area contributed by atoms with E-state index in [0.717, 1.165) is 22.4 Å². The highest BCUT2D eigenvalue weighted by Crippen LogP contribution is 2.28. The number of ketones is 1. The number of ether oxygens (including phenoxy) is 2. The Bertz CT molecular complexity index is 2010. The van der Waals surface area contributed by atoms with Crippen molar-refractivity contribution in [2.45, 2.75) is 50.9 Å². The Kier molecular flexibility index (Phi) is 12.0. The number of aromatic nitrogens is 3. The minimum atomic E-state index is -0.954. The third kappa shape index (κ3) is 9.08. The van der Waals surface area contributed by atoms with Gasteiger partial charge in [0.1, 0.15) is 17.8 Å². The number of carbonyl (C=O) groups is 6. The summed E-state index contributed by atoms with van der Waals surface area (Å²) in [5.41, 5.74) is 4.09. The number of nitrogens with zero attached hydrogens (tertiary/aromatic N) is 5. The lowest BCUT2D eigenvalue weighted by Crippen LogP contribution is -2.50. The third-order valence-electron chi connectivity index (χ3n) is 10.0. The molecule has 3 atom stereocenters. The standard InChI is InChI=1S/C39H44N8O8/c1-24(21-46-23-30(43-44-46)26-8-5-4-6-9-26)27-13-15-45(22-27)34(48)18-28-17-29(42-37(28)51)38(52)41-20-35(49)47-14-7-10-31(47)36(50)39(53)40-19-25-11-12-32(54-2)33(16-25)55-3/h4-6,8-9,11-13,16,23,28-29,31H,1,7,10,14-15,17-22H2,2-3H3,(H,40,53)(H,41,52)(H,42,51)/t28-,29?,31?/m0/s1. The van der Waals surface area contributed by atoms with Crippen LogP contribution in [0.4, 0.5) is 0 Å². The average Bonchev–Trinajstić information content (AvgIpc) is 4.04. The maximum absolute atomic E-state index is 13.2. The van der Waals surface area contributed by atoms with E-state index in [1.807, 2.05) is 42.6 Å². The van der Waals surface area contributed by atoms with Gasteiger partial charge in [0.15, 0.2) is 11.5 Å². The van der Waals surface area contributed by atoms with Gasteiger partial charge in [-0.3, -0.25) is 28.8 Å². The zero-order chi connectivity index (χ0) is 39.1. The van der Waals surface area contributed by atoms with Crippen LogP contribution in [0.15, 0.2) is 78.5 Å². The number of likely N-dealkylation sites (tertiary alicyclic amines) is 1. The molecule has 6 rings (SSSR count). The molecule has 0 aliphatic carbocycles. The minimum absolute atomic E-state index is 0.0640. The van der Waals surface area contributed by atoms with Crippen LogP contribution in [0.1, 0.15) is 31.2 Å². The van der Waals surface area contributed by atoms with Gasteiger partial charge in [-0.25, -0.2) is 4.68 Å². The fraction of sp³-hybridized carbons (Fsp3) is 0.385. The summed E-state index contributed by atoms with van der Waals surface area (Å²) < 4.78 is 12.2. The second-order valence-corrected chi connectivity index (χ2v) is 13.7. The lowest BCUT2D eigenvalue weighted by molar-refractivity contribution is -0.144. The molecule has 3 aliphatic rings. The van der Waals surface area contributed by atoms with Crippen molar-refractivity contribution in [3.8, 4) is 22.8 Å². The lowest BCUT2D eigenvalue weighted by Gasteiger charge is -2.23. The van der Waals surface area contributed by atoms with Crippen molar-refractivity contribution in [3.05, 3.63) is 84.1 Å². The van der Waals surface area contributed by atoms with Crippen molar-refractivity contribution < 1.29 is 38.2 Å². The molecule has 5 amide bonds. The topological polar surface area (TPSA) is 194 Å². The van der Waals surface area contributed by atoms with E-state index in [1.54, 1.807) is 27.8 Å². The summed E-state index contributed by atoms with van der Waals surface area (Å²) in [4.78, 5) is 80.9. The van der Waals surface area contributed by atoms with Crippen LogP contribution in [0.3, 0.4) is 0 Å². The SMILES string of the molecule is C=C(Cn1cc(-c2ccccc2)nn1)C1=CCN(C(=O)C[C@@H]2CC(C(=O)NCC(=O)N3CCCC3C(=O)C(=O)NCc3ccc(OC)c(OC)c3)NC2=O)C1. The summed E-state index contributed by atoms with van der Waals surface area (Å²) in [6.07, 6.45) is 4.63. The van der Waals surface area contributed by atoms with Gasteiger partial charge >= 0.3 is 0 Å². The van der Waals surface area contributed by atoms with E-state index in [9.17, 15) is 28.8 Å². The van der Waals surface area contributed by atoms with Crippen LogP contribution in [-0.2, 0) is 41.9 Å². The predicted molar refractivity (Wildman–Crippen MR) is 198 cm³/mol. The van der Waals surface area contributed by atoms with Gasteiger partial charge in [0.2, 0.25) is 29.4 Å². The largest absolute Gasteiger partial charge is 0.493 e. The van der Waals surface area contributed by atoms with Gasteiger partial charge in [0.25, 0.3) is 5.91 Å². The Labute approximate surface area is 317 Å². The van der Waals surface area contributed by atoms with E-state index in [0.29, 0.717) is 49.5 Å². The van der Waals surface area contributed by atoms with Gasteiger partial charge < -0.3 is 35.2 Å². The number of carbonyl (C=O) groups excluding carboxylic acids is 6. The molecule has 0 bridgehead atoms. The number of methoxy groups -OCH3 is 2. The van der Waals surface area contributed by atoms with E-state index in [2.05, 4.69) is 32.8 Å². The highest BCUT2D eigenvalue weighted by atomic mass is 16.5. The number of amides is 5. The van der Waals surface area contributed by atoms with E-state index < -0.39 is 54.0 Å². The van der Waals surface area contributed by atoms with Crippen molar-refractivity contribution in [3.63, 3.8) is 0 Å². The summed E-state index contributed by atoms with van der Waals surface area (Å²) >= 11 is 0.